The van der Waals surface area contributed by atoms with Crippen LogP contribution in [0.15, 0.2) is 28.8 Å². The number of benzene rings is 1. The summed E-state index contributed by atoms with van der Waals surface area (Å²) in [5.74, 6) is 1.35. The summed E-state index contributed by atoms with van der Waals surface area (Å²) >= 11 is 0. The normalized spacial score (nSPS) is 23.4. The van der Waals surface area contributed by atoms with Gasteiger partial charge in [0.15, 0.2) is 5.82 Å². The van der Waals surface area contributed by atoms with Crippen molar-refractivity contribution >= 4 is 0 Å². The maximum atomic E-state index is 5.38. The fourth-order valence-electron chi connectivity index (χ4n) is 2.90. The van der Waals surface area contributed by atoms with Crippen molar-refractivity contribution in [1.82, 2.24) is 20.4 Å². The second-order valence-electron chi connectivity index (χ2n) is 6.04. The number of hydrogen-bond donors (Lipinski definition) is 1. The van der Waals surface area contributed by atoms with Gasteiger partial charge in [0.1, 0.15) is 0 Å². The fourth-order valence-corrected chi connectivity index (χ4v) is 2.90. The van der Waals surface area contributed by atoms with Crippen molar-refractivity contribution in [3.8, 4) is 11.5 Å². The van der Waals surface area contributed by atoms with Gasteiger partial charge in [-0.05, 0) is 32.9 Å². The average molecular weight is 286 g/mol. The molecule has 2 aromatic rings. The molecule has 2 atom stereocenters. The smallest absolute Gasteiger partial charge is 0.257 e. The topological polar surface area (TPSA) is 54.2 Å². The Hall–Kier alpha value is -1.72. The predicted octanol–water partition coefficient (Wildman–Crippen LogP) is 2.23. The van der Waals surface area contributed by atoms with E-state index in [0.29, 0.717) is 18.0 Å². The van der Waals surface area contributed by atoms with E-state index >= 15 is 0 Å². The molecule has 0 bridgehead atoms. The number of aromatic nitrogens is 2. The molecular weight excluding hydrogens is 264 g/mol. The molecule has 2 unspecified atom stereocenters. The van der Waals surface area contributed by atoms with Gasteiger partial charge in [-0.2, -0.15) is 4.98 Å². The third-order valence-corrected chi connectivity index (χ3v) is 3.76. The molecule has 21 heavy (non-hydrogen) atoms. The van der Waals surface area contributed by atoms with Crippen molar-refractivity contribution in [3.05, 3.63) is 35.7 Å². The maximum absolute atomic E-state index is 5.38. The van der Waals surface area contributed by atoms with Crippen LogP contribution in [0.3, 0.4) is 0 Å². The van der Waals surface area contributed by atoms with Crippen molar-refractivity contribution in [2.24, 2.45) is 0 Å². The largest absolute Gasteiger partial charge is 0.334 e. The molecule has 1 N–H and O–H groups in total. The molecular formula is C16H22N4O. The van der Waals surface area contributed by atoms with Crippen LogP contribution in [0.5, 0.6) is 0 Å². The van der Waals surface area contributed by atoms with E-state index in [4.69, 9.17) is 4.52 Å². The van der Waals surface area contributed by atoms with Crippen LogP contribution in [0.25, 0.3) is 11.5 Å². The number of nitrogens with zero attached hydrogens (tertiary/aromatic N) is 3. The van der Waals surface area contributed by atoms with Gasteiger partial charge in [0.2, 0.25) is 0 Å². The molecule has 112 valence electrons. The highest BCUT2D eigenvalue weighted by atomic mass is 16.5. The summed E-state index contributed by atoms with van der Waals surface area (Å²) in [5, 5.41) is 7.64. The van der Waals surface area contributed by atoms with Crippen LogP contribution >= 0.6 is 0 Å². The van der Waals surface area contributed by atoms with Crippen molar-refractivity contribution in [2.75, 3.05) is 13.1 Å². The molecule has 2 heterocycles. The summed E-state index contributed by atoms with van der Waals surface area (Å²) < 4.78 is 5.38. The Labute approximate surface area is 125 Å². The first kappa shape index (κ1) is 14.2. The number of piperazine rings is 1. The molecule has 0 radical (unpaired) electrons. The SMILES string of the molecule is Cc1ccc(-c2nc(CN3CC(C)NC(C)C3)no2)cc1. The van der Waals surface area contributed by atoms with Crippen LogP contribution in [0.4, 0.5) is 0 Å². The quantitative estimate of drug-likeness (QED) is 0.937. The van der Waals surface area contributed by atoms with Crippen LogP contribution in [0, 0.1) is 6.92 Å². The molecule has 1 aliphatic rings. The minimum Gasteiger partial charge on any atom is -0.334 e. The van der Waals surface area contributed by atoms with E-state index in [-0.39, 0.29) is 0 Å². The molecule has 5 heteroatoms. The first-order valence-electron chi connectivity index (χ1n) is 7.48. The van der Waals surface area contributed by atoms with E-state index < -0.39 is 0 Å². The maximum Gasteiger partial charge on any atom is 0.257 e. The second-order valence-corrected chi connectivity index (χ2v) is 6.04. The highest BCUT2D eigenvalue weighted by Crippen LogP contribution is 2.18. The minimum absolute atomic E-state index is 0.497. The van der Waals surface area contributed by atoms with Crippen LogP contribution in [-0.4, -0.2) is 40.2 Å². The lowest BCUT2D eigenvalue weighted by Crippen LogP contribution is -2.53. The van der Waals surface area contributed by atoms with Gasteiger partial charge in [0.05, 0.1) is 6.54 Å². The van der Waals surface area contributed by atoms with E-state index in [1.165, 1.54) is 5.56 Å². The van der Waals surface area contributed by atoms with Gasteiger partial charge in [0, 0.05) is 30.7 Å². The Morgan fingerprint density at radius 1 is 1.19 bits per heavy atom. The van der Waals surface area contributed by atoms with Gasteiger partial charge in [-0.25, -0.2) is 0 Å². The van der Waals surface area contributed by atoms with E-state index in [2.05, 4.69) is 53.3 Å². The number of rotatable bonds is 3. The van der Waals surface area contributed by atoms with Crippen molar-refractivity contribution in [3.63, 3.8) is 0 Å². The first-order valence-corrected chi connectivity index (χ1v) is 7.48. The van der Waals surface area contributed by atoms with Gasteiger partial charge in [0.25, 0.3) is 5.89 Å². The Morgan fingerprint density at radius 2 is 1.86 bits per heavy atom. The van der Waals surface area contributed by atoms with Crippen molar-refractivity contribution in [2.45, 2.75) is 39.4 Å². The van der Waals surface area contributed by atoms with Gasteiger partial charge in [-0.15, -0.1) is 0 Å². The molecule has 1 aromatic heterocycles. The van der Waals surface area contributed by atoms with Crippen molar-refractivity contribution < 1.29 is 4.52 Å². The molecule has 1 aromatic carbocycles. The Balaban J connectivity index is 1.69. The zero-order valence-corrected chi connectivity index (χ0v) is 12.8. The lowest BCUT2D eigenvalue weighted by atomic mass is 10.1. The molecule has 1 saturated heterocycles. The zero-order chi connectivity index (χ0) is 14.8. The van der Waals surface area contributed by atoms with Crippen LogP contribution in [0.2, 0.25) is 0 Å². The van der Waals surface area contributed by atoms with Crippen LogP contribution < -0.4 is 5.32 Å². The third-order valence-electron chi connectivity index (χ3n) is 3.76. The van der Waals surface area contributed by atoms with E-state index in [9.17, 15) is 0 Å². The zero-order valence-electron chi connectivity index (χ0n) is 12.8. The highest BCUT2D eigenvalue weighted by molar-refractivity contribution is 5.53. The fraction of sp³-hybridized carbons (Fsp3) is 0.500. The number of hydrogen-bond acceptors (Lipinski definition) is 5. The highest BCUT2D eigenvalue weighted by Gasteiger charge is 2.22. The summed E-state index contributed by atoms with van der Waals surface area (Å²) in [6.07, 6.45) is 0. The lowest BCUT2D eigenvalue weighted by molar-refractivity contribution is 0.161. The summed E-state index contributed by atoms with van der Waals surface area (Å²) in [4.78, 5) is 6.89. The summed E-state index contributed by atoms with van der Waals surface area (Å²) in [6.45, 7) is 9.24. The number of nitrogens with one attached hydrogen (secondary N) is 1. The summed E-state index contributed by atoms with van der Waals surface area (Å²) in [7, 11) is 0. The molecule has 5 nitrogen and oxygen atoms in total. The van der Waals surface area contributed by atoms with E-state index in [1.54, 1.807) is 0 Å². The minimum atomic E-state index is 0.497. The molecule has 0 amide bonds. The molecule has 1 aliphatic heterocycles. The predicted molar refractivity (Wildman–Crippen MR) is 81.8 cm³/mol. The third kappa shape index (κ3) is 3.49. The first-order chi connectivity index (χ1) is 10.1. The number of aryl methyl sites for hydroxylation is 1. The Bertz CT molecular complexity index is 583. The van der Waals surface area contributed by atoms with E-state index in [1.807, 2.05) is 12.1 Å². The second kappa shape index (κ2) is 5.95. The van der Waals surface area contributed by atoms with Gasteiger partial charge in [-0.3, -0.25) is 4.90 Å². The summed E-state index contributed by atoms with van der Waals surface area (Å²) in [6, 6.07) is 9.13. The lowest BCUT2D eigenvalue weighted by Gasteiger charge is -2.35. The standard InChI is InChI=1S/C16H22N4O/c1-11-4-6-14(7-5-11)16-18-15(19-21-16)10-20-8-12(2)17-13(3)9-20/h4-7,12-13,17H,8-10H2,1-3H3. The van der Waals surface area contributed by atoms with Crippen molar-refractivity contribution in [1.29, 1.82) is 0 Å². The van der Waals surface area contributed by atoms with Crippen LogP contribution in [0.1, 0.15) is 25.2 Å². The summed E-state index contributed by atoms with van der Waals surface area (Å²) in [5.41, 5.74) is 2.20. The molecule has 0 aliphatic carbocycles. The van der Waals surface area contributed by atoms with Gasteiger partial charge < -0.3 is 9.84 Å². The Morgan fingerprint density at radius 3 is 2.52 bits per heavy atom. The van der Waals surface area contributed by atoms with Gasteiger partial charge in [-0.1, -0.05) is 22.9 Å². The van der Waals surface area contributed by atoms with Gasteiger partial charge >= 0.3 is 0 Å². The Kier molecular flexibility index (Phi) is 4.03. The molecule has 3 rings (SSSR count). The van der Waals surface area contributed by atoms with Crippen LogP contribution in [-0.2, 0) is 6.54 Å². The molecule has 0 saturated carbocycles. The average Bonchev–Trinajstić information content (AvgIpc) is 2.87. The monoisotopic (exact) mass is 286 g/mol. The molecule has 1 fully saturated rings. The molecule has 0 spiro atoms. The van der Waals surface area contributed by atoms with E-state index in [0.717, 1.165) is 31.0 Å².